The topological polar surface area (TPSA) is 53.4 Å². The van der Waals surface area contributed by atoms with Crippen LogP contribution in [0.3, 0.4) is 0 Å². The van der Waals surface area contributed by atoms with Gasteiger partial charge < -0.3 is 5.11 Å². The van der Waals surface area contributed by atoms with Crippen LogP contribution in [0.5, 0.6) is 0 Å². The molecule has 1 aliphatic heterocycles. The van der Waals surface area contributed by atoms with Gasteiger partial charge in [0.25, 0.3) is 0 Å². The van der Waals surface area contributed by atoms with Crippen LogP contribution in [-0.2, 0) is 6.54 Å². The number of aromatic carboxylic acids is 1. The zero-order valence-corrected chi connectivity index (χ0v) is 10.3. The van der Waals surface area contributed by atoms with E-state index in [9.17, 15) is 4.79 Å². The van der Waals surface area contributed by atoms with E-state index in [-0.39, 0.29) is 5.69 Å². The molecule has 0 bridgehead atoms. The monoisotopic (exact) mass is 234 g/mol. The first kappa shape index (κ1) is 12.0. The summed E-state index contributed by atoms with van der Waals surface area (Å²) in [6.45, 7) is 7.49. The van der Waals surface area contributed by atoms with Gasteiger partial charge in [0.05, 0.1) is 0 Å². The van der Waals surface area contributed by atoms with Crippen molar-refractivity contribution >= 4 is 5.97 Å². The van der Waals surface area contributed by atoms with Crippen LogP contribution in [0.15, 0.2) is 18.3 Å². The molecule has 2 rings (SSSR count). The minimum Gasteiger partial charge on any atom is -0.477 e. The molecule has 0 spiro atoms. The predicted molar refractivity (Wildman–Crippen MR) is 64.9 cm³/mol. The van der Waals surface area contributed by atoms with Gasteiger partial charge >= 0.3 is 5.97 Å². The van der Waals surface area contributed by atoms with Crippen LogP contribution in [0, 0.1) is 5.41 Å². The Hall–Kier alpha value is -1.42. The fourth-order valence-corrected chi connectivity index (χ4v) is 2.31. The third-order valence-corrected chi connectivity index (χ3v) is 3.21. The molecule has 0 atom stereocenters. The molecule has 1 saturated heterocycles. The summed E-state index contributed by atoms with van der Waals surface area (Å²) in [6.07, 6.45) is 2.77. The molecule has 0 saturated carbocycles. The Morgan fingerprint density at radius 2 is 2.35 bits per heavy atom. The Labute approximate surface area is 101 Å². The van der Waals surface area contributed by atoms with Crippen LogP contribution in [0.25, 0.3) is 0 Å². The van der Waals surface area contributed by atoms with Gasteiger partial charge in [0.15, 0.2) is 0 Å². The second-order valence-electron chi connectivity index (χ2n) is 5.48. The Bertz CT molecular complexity index is 429. The molecule has 0 aliphatic carbocycles. The van der Waals surface area contributed by atoms with Crippen LogP contribution in [0.2, 0.25) is 0 Å². The van der Waals surface area contributed by atoms with Crippen LogP contribution >= 0.6 is 0 Å². The largest absolute Gasteiger partial charge is 0.477 e. The first-order valence-corrected chi connectivity index (χ1v) is 5.87. The van der Waals surface area contributed by atoms with E-state index >= 15 is 0 Å². The molecule has 1 aliphatic rings. The first-order chi connectivity index (χ1) is 7.96. The number of hydrogen-bond donors (Lipinski definition) is 1. The zero-order chi connectivity index (χ0) is 12.5. The smallest absolute Gasteiger partial charge is 0.354 e. The van der Waals surface area contributed by atoms with Crippen molar-refractivity contribution < 1.29 is 9.90 Å². The van der Waals surface area contributed by atoms with Crippen molar-refractivity contribution in [3.8, 4) is 0 Å². The lowest BCUT2D eigenvalue weighted by atomic mass is 9.93. The fourth-order valence-electron chi connectivity index (χ4n) is 2.31. The van der Waals surface area contributed by atoms with Crippen molar-refractivity contribution in [2.45, 2.75) is 26.8 Å². The van der Waals surface area contributed by atoms with Gasteiger partial charge in [-0.2, -0.15) is 0 Å². The molecular formula is C13H18N2O2. The van der Waals surface area contributed by atoms with E-state index in [1.807, 2.05) is 6.07 Å². The summed E-state index contributed by atoms with van der Waals surface area (Å²) in [5.41, 5.74) is 1.53. The Morgan fingerprint density at radius 1 is 1.59 bits per heavy atom. The predicted octanol–water partition coefficient (Wildman–Crippen LogP) is 2.01. The lowest BCUT2D eigenvalue weighted by molar-refractivity contribution is 0.0690. The highest BCUT2D eigenvalue weighted by Crippen LogP contribution is 2.29. The van der Waals surface area contributed by atoms with Gasteiger partial charge in [-0.3, -0.25) is 4.90 Å². The number of carboxylic acids is 1. The number of carbonyl (C=O) groups is 1. The van der Waals surface area contributed by atoms with Crippen molar-refractivity contribution in [3.05, 3.63) is 29.6 Å². The average Bonchev–Trinajstić information content (AvgIpc) is 2.58. The van der Waals surface area contributed by atoms with Crippen LogP contribution in [-0.4, -0.2) is 34.0 Å². The molecule has 4 heteroatoms. The quantitative estimate of drug-likeness (QED) is 0.869. The van der Waals surface area contributed by atoms with E-state index in [1.165, 1.54) is 6.42 Å². The number of hydrogen-bond acceptors (Lipinski definition) is 3. The second kappa shape index (κ2) is 4.45. The minimum absolute atomic E-state index is 0.126. The summed E-state index contributed by atoms with van der Waals surface area (Å²) in [5.74, 6) is -0.964. The molecule has 4 nitrogen and oxygen atoms in total. The number of rotatable bonds is 3. The summed E-state index contributed by atoms with van der Waals surface area (Å²) >= 11 is 0. The summed E-state index contributed by atoms with van der Waals surface area (Å²) < 4.78 is 0. The van der Waals surface area contributed by atoms with Crippen molar-refractivity contribution in [1.29, 1.82) is 0 Å². The Kier molecular flexibility index (Phi) is 3.15. The van der Waals surface area contributed by atoms with E-state index in [0.717, 1.165) is 25.2 Å². The molecule has 1 fully saturated rings. The normalized spacial score (nSPS) is 19.4. The van der Waals surface area contributed by atoms with Crippen molar-refractivity contribution in [2.24, 2.45) is 5.41 Å². The molecule has 0 unspecified atom stereocenters. The van der Waals surface area contributed by atoms with Crippen molar-refractivity contribution in [2.75, 3.05) is 13.1 Å². The van der Waals surface area contributed by atoms with Crippen LogP contribution in [0.4, 0.5) is 0 Å². The Balaban J connectivity index is 2.04. The van der Waals surface area contributed by atoms with Gasteiger partial charge in [0.2, 0.25) is 0 Å². The summed E-state index contributed by atoms with van der Waals surface area (Å²) in [5, 5.41) is 8.88. The highest BCUT2D eigenvalue weighted by Gasteiger charge is 2.28. The molecule has 0 aromatic carbocycles. The number of pyridine rings is 1. The van der Waals surface area contributed by atoms with Gasteiger partial charge in [-0.15, -0.1) is 0 Å². The number of nitrogens with zero attached hydrogens (tertiary/aromatic N) is 2. The molecule has 1 aromatic rings. The standard InChI is InChI=1S/C13H18N2O2/c1-13(2)4-6-15(9-13)8-10-3-5-14-11(7-10)12(16)17/h3,5,7H,4,6,8-9H2,1-2H3,(H,16,17). The van der Waals surface area contributed by atoms with Crippen molar-refractivity contribution in [1.82, 2.24) is 9.88 Å². The summed E-state index contributed by atoms with van der Waals surface area (Å²) in [6, 6.07) is 3.55. The molecule has 0 amide bonds. The fraction of sp³-hybridized carbons (Fsp3) is 0.538. The maximum Gasteiger partial charge on any atom is 0.354 e. The van der Waals surface area contributed by atoms with Crippen molar-refractivity contribution in [3.63, 3.8) is 0 Å². The highest BCUT2D eigenvalue weighted by molar-refractivity contribution is 5.85. The molecule has 17 heavy (non-hydrogen) atoms. The highest BCUT2D eigenvalue weighted by atomic mass is 16.4. The number of likely N-dealkylation sites (tertiary alicyclic amines) is 1. The third kappa shape index (κ3) is 3.03. The average molecular weight is 234 g/mol. The molecule has 1 N–H and O–H groups in total. The molecule has 2 heterocycles. The summed E-state index contributed by atoms with van der Waals surface area (Å²) in [4.78, 5) is 17.0. The number of aromatic nitrogens is 1. The van der Waals surface area contributed by atoms with E-state index in [1.54, 1.807) is 12.3 Å². The maximum absolute atomic E-state index is 10.8. The zero-order valence-electron chi connectivity index (χ0n) is 10.3. The molecular weight excluding hydrogens is 216 g/mol. The van der Waals surface area contributed by atoms with E-state index in [2.05, 4.69) is 23.7 Å². The van der Waals surface area contributed by atoms with E-state index in [4.69, 9.17) is 5.11 Å². The van der Waals surface area contributed by atoms with Crippen LogP contribution in [0.1, 0.15) is 36.3 Å². The summed E-state index contributed by atoms with van der Waals surface area (Å²) in [7, 11) is 0. The van der Waals surface area contributed by atoms with Gasteiger partial charge in [-0.05, 0) is 36.1 Å². The maximum atomic E-state index is 10.8. The van der Waals surface area contributed by atoms with Gasteiger partial charge in [0, 0.05) is 19.3 Å². The number of carboxylic acid groups (broad SMARTS) is 1. The lowest BCUT2D eigenvalue weighted by Gasteiger charge is -2.19. The Morgan fingerprint density at radius 3 is 2.94 bits per heavy atom. The molecule has 0 radical (unpaired) electrons. The second-order valence-corrected chi connectivity index (χ2v) is 5.48. The first-order valence-electron chi connectivity index (χ1n) is 5.87. The van der Waals surface area contributed by atoms with E-state index in [0.29, 0.717) is 5.41 Å². The van der Waals surface area contributed by atoms with Gasteiger partial charge in [-0.1, -0.05) is 13.8 Å². The lowest BCUT2D eigenvalue weighted by Crippen LogP contribution is -2.23. The SMILES string of the molecule is CC1(C)CCN(Cc2ccnc(C(=O)O)c2)C1. The third-order valence-electron chi connectivity index (χ3n) is 3.21. The van der Waals surface area contributed by atoms with Gasteiger partial charge in [-0.25, -0.2) is 9.78 Å². The minimum atomic E-state index is -0.964. The van der Waals surface area contributed by atoms with Gasteiger partial charge in [0.1, 0.15) is 5.69 Å². The molecule has 1 aromatic heterocycles. The van der Waals surface area contributed by atoms with E-state index < -0.39 is 5.97 Å². The molecule has 92 valence electrons. The van der Waals surface area contributed by atoms with Crippen LogP contribution < -0.4 is 0 Å².